The molecule has 0 fully saturated rings. The second-order valence-corrected chi connectivity index (χ2v) is 6.92. The number of hydrogen-bond acceptors (Lipinski definition) is 5. The topological polar surface area (TPSA) is 69.2 Å². The Labute approximate surface area is 177 Å². The summed E-state index contributed by atoms with van der Waals surface area (Å²) < 4.78 is 17.1. The van der Waals surface area contributed by atoms with Gasteiger partial charge < -0.3 is 14.2 Å². The van der Waals surface area contributed by atoms with Crippen molar-refractivity contribution in [3.8, 4) is 17.2 Å². The highest BCUT2D eigenvalue weighted by molar-refractivity contribution is 9.10. The normalized spacial score (nSPS) is 10.9. The molecular formula is C22H21BrN2O4. The van der Waals surface area contributed by atoms with Gasteiger partial charge in [0.1, 0.15) is 5.75 Å². The summed E-state index contributed by atoms with van der Waals surface area (Å²) in [6.45, 7) is 2.42. The van der Waals surface area contributed by atoms with E-state index in [2.05, 4.69) is 26.5 Å². The van der Waals surface area contributed by atoms with Crippen LogP contribution in [0.25, 0.3) is 10.8 Å². The molecule has 0 heterocycles. The fourth-order valence-electron chi connectivity index (χ4n) is 2.89. The van der Waals surface area contributed by atoms with Gasteiger partial charge in [-0.3, -0.25) is 4.79 Å². The van der Waals surface area contributed by atoms with Gasteiger partial charge in [-0.15, -0.1) is 0 Å². The van der Waals surface area contributed by atoms with Crippen LogP contribution in [0.3, 0.4) is 0 Å². The smallest absolute Gasteiger partial charge is 0.275 e. The minimum Gasteiger partial charge on any atom is -0.496 e. The number of amides is 1. The van der Waals surface area contributed by atoms with Crippen LogP contribution in [-0.2, 0) is 0 Å². The van der Waals surface area contributed by atoms with E-state index in [9.17, 15) is 4.79 Å². The fourth-order valence-corrected chi connectivity index (χ4v) is 3.46. The lowest BCUT2D eigenvalue weighted by atomic mass is 10.1. The first kappa shape index (κ1) is 20.7. The Morgan fingerprint density at radius 2 is 1.76 bits per heavy atom. The molecule has 150 valence electrons. The molecule has 0 radical (unpaired) electrons. The van der Waals surface area contributed by atoms with E-state index in [-0.39, 0.29) is 5.91 Å². The highest BCUT2D eigenvalue weighted by Crippen LogP contribution is 2.36. The Morgan fingerprint density at radius 1 is 1.07 bits per heavy atom. The number of ether oxygens (including phenoxy) is 3. The summed E-state index contributed by atoms with van der Waals surface area (Å²) in [7, 11) is 3.10. The van der Waals surface area contributed by atoms with E-state index in [1.165, 1.54) is 13.3 Å². The summed E-state index contributed by atoms with van der Waals surface area (Å²) in [5.74, 6) is 1.32. The second kappa shape index (κ2) is 9.43. The summed E-state index contributed by atoms with van der Waals surface area (Å²) >= 11 is 3.47. The van der Waals surface area contributed by atoms with Crippen LogP contribution >= 0.6 is 15.9 Å². The maximum absolute atomic E-state index is 12.6. The largest absolute Gasteiger partial charge is 0.496 e. The molecule has 0 aliphatic heterocycles. The van der Waals surface area contributed by atoms with Crippen molar-refractivity contribution in [1.29, 1.82) is 0 Å². The van der Waals surface area contributed by atoms with E-state index in [0.717, 1.165) is 20.8 Å². The Kier molecular flexibility index (Phi) is 6.72. The molecule has 0 saturated heterocycles. The van der Waals surface area contributed by atoms with Crippen molar-refractivity contribution < 1.29 is 19.0 Å². The predicted octanol–water partition coefficient (Wildman–Crippen LogP) is 4.78. The second-order valence-electron chi connectivity index (χ2n) is 6.07. The molecule has 3 aromatic rings. The molecule has 0 unspecified atom stereocenters. The minimum absolute atomic E-state index is 0.360. The average Bonchev–Trinajstić information content (AvgIpc) is 2.74. The SMILES string of the molecule is CCOc1c(Br)cc(C=NNC(=O)c2cc3ccccc3cc2OC)cc1OC. The number of carbonyl (C=O) groups excluding carboxylic acids is 1. The zero-order valence-corrected chi connectivity index (χ0v) is 17.9. The summed E-state index contributed by atoms with van der Waals surface area (Å²) in [6, 6.07) is 15.0. The van der Waals surface area contributed by atoms with Crippen molar-refractivity contribution in [3.05, 3.63) is 64.1 Å². The molecule has 0 saturated carbocycles. The molecule has 6 nitrogen and oxygen atoms in total. The maximum atomic E-state index is 12.6. The van der Waals surface area contributed by atoms with Crippen LogP contribution in [0.5, 0.6) is 17.2 Å². The molecule has 0 aliphatic rings. The van der Waals surface area contributed by atoms with Gasteiger partial charge >= 0.3 is 0 Å². The standard InChI is InChI=1S/C22H21BrN2O4/c1-4-29-21-18(23)9-14(10-20(21)28-3)13-24-25-22(26)17-11-15-7-5-6-8-16(15)12-19(17)27-2/h5-13H,4H2,1-3H3,(H,25,26). The number of methoxy groups -OCH3 is 2. The average molecular weight is 457 g/mol. The van der Waals surface area contributed by atoms with Crippen molar-refractivity contribution in [2.75, 3.05) is 20.8 Å². The third-order valence-corrected chi connectivity index (χ3v) is 4.82. The summed E-state index contributed by atoms with van der Waals surface area (Å²) in [5, 5.41) is 6.01. The number of carbonyl (C=O) groups is 1. The van der Waals surface area contributed by atoms with Crippen LogP contribution in [0.4, 0.5) is 0 Å². The first-order valence-corrected chi connectivity index (χ1v) is 9.77. The van der Waals surface area contributed by atoms with Gasteiger partial charge in [-0.1, -0.05) is 24.3 Å². The number of benzene rings is 3. The van der Waals surface area contributed by atoms with E-state index in [4.69, 9.17) is 14.2 Å². The van der Waals surface area contributed by atoms with Gasteiger partial charge in [-0.2, -0.15) is 5.10 Å². The number of nitrogens with one attached hydrogen (secondary N) is 1. The first-order chi connectivity index (χ1) is 14.1. The fraction of sp³-hybridized carbons (Fsp3) is 0.182. The van der Waals surface area contributed by atoms with Gasteiger partial charge in [0.25, 0.3) is 5.91 Å². The molecule has 3 rings (SSSR count). The van der Waals surface area contributed by atoms with Crippen molar-refractivity contribution in [1.82, 2.24) is 5.43 Å². The molecule has 0 atom stereocenters. The Hall–Kier alpha value is -3.06. The van der Waals surface area contributed by atoms with Crippen LogP contribution in [-0.4, -0.2) is 32.9 Å². The number of nitrogens with zero attached hydrogens (tertiary/aromatic N) is 1. The highest BCUT2D eigenvalue weighted by atomic mass is 79.9. The molecule has 7 heteroatoms. The third-order valence-electron chi connectivity index (χ3n) is 4.23. The Bertz CT molecular complexity index is 1070. The number of hydrogen-bond donors (Lipinski definition) is 1. The first-order valence-electron chi connectivity index (χ1n) is 8.97. The molecule has 0 aliphatic carbocycles. The van der Waals surface area contributed by atoms with Crippen molar-refractivity contribution in [2.45, 2.75) is 6.92 Å². The highest BCUT2D eigenvalue weighted by Gasteiger charge is 2.14. The van der Waals surface area contributed by atoms with Crippen molar-refractivity contribution in [3.63, 3.8) is 0 Å². The minimum atomic E-state index is -0.360. The van der Waals surface area contributed by atoms with Crippen LogP contribution in [0.15, 0.2) is 58.1 Å². The maximum Gasteiger partial charge on any atom is 0.275 e. The molecule has 0 aromatic heterocycles. The third kappa shape index (κ3) is 4.68. The van der Waals surface area contributed by atoms with Gasteiger partial charge in [0.05, 0.1) is 37.1 Å². The van der Waals surface area contributed by atoms with E-state index >= 15 is 0 Å². The molecule has 0 spiro atoms. The van der Waals surface area contributed by atoms with E-state index in [1.54, 1.807) is 19.2 Å². The lowest BCUT2D eigenvalue weighted by Crippen LogP contribution is -2.18. The van der Waals surface area contributed by atoms with Crippen LogP contribution in [0, 0.1) is 0 Å². The summed E-state index contributed by atoms with van der Waals surface area (Å²) in [6.07, 6.45) is 1.54. The monoisotopic (exact) mass is 456 g/mol. The predicted molar refractivity (Wildman–Crippen MR) is 117 cm³/mol. The van der Waals surface area contributed by atoms with Crippen LogP contribution in [0.2, 0.25) is 0 Å². The van der Waals surface area contributed by atoms with Crippen molar-refractivity contribution >= 4 is 38.8 Å². The number of halogens is 1. The Morgan fingerprint density at radius 3 is 2.41 bits per heavy atom. The molecule has 3 aromatic carbocycles. The molecule has 29 heavy (non-hydrogen) atoms. The van der Waals surface area contributed by atoms with Crippen molar-refractivity contribution in [2.24, 2.45) is 5.10 Å². The number of fused-ring (bicyclic) bond motifs is 1. The van der Waals surface area contributed by atoms with Crippen LogP contribution < -0.4 is 19.6 Å². The van der Waals surface area contributed by atoms with Gasteiger partial charge in [0.15, 0.2) is 11.5 Å². The van der Waals surface area contributed by atoms with Gasteiger partial charge in [0.2, 0.25) is 0 Å². The van der Waals surface area contributed by atoms with Gasteiger partial charge in [-0.05, 0) is 63.5 Å². The van der Waals surface area contributed by atoms with Crippen LogP contribution in [0.1, 0.15) is 22.8 Å². The molecular weight excluding hydrogens is 436 g/mol. The number of rotatable bonds is 7. The zero-order valence-electron chi connectivity index (χ0n) is 16.4. The van der Waals surface area contributed by atoms with E-state index in [1.807, 2.05) is 43.3 Å². The summed E-state index contributed by atoms with van der Waals surface area (Å²) in [4.78, 5) is 12.6. The van der Waals surface area contributed by atoms with Gasteiger partial charge in [0, 0.05) is 0 Å². The quantitative estimate of drug-likeness (QED) is 0.410. The summed E-state index contributed by atoms with van der Waals surface area (Å²) in [5.41, 5.74) is 3.70. The van der Waals surface area contributed by atoms with E-state index < -0.39 is 0 Å². The van der Waals surface area contributed by atoms with E-state index in [0.29, 0.717) is 29.4 Å². The lowest BCUT2D eigenvalue weighted by molar-refractivity contribution is 0.0952. The van der Waals surface area contributed by atoms with Gasteiger partial charge in [-0.25, -0.2) is 5.43 Å². The molecule has 1 amide bonds. The number of hydrazone groups is 1. The molecule has 1 N–H and O–H groups in total. The lowest BCUT2D eigenvalue weighted by Gasteiger charge is -2.12. The Balaban J connectivity index is 1.81. The zero-order chi connectivity index (χ0) is 20.8. The molecule has 0 bridgehead atoms.